The molecule has 2 N–H and O–H groups in total. The van der Waals surface area contributed by atoms with E-state index >= 15 is 0 Å². The van der Waals surface area contributed by atoms with E-state index < -0.39 is 0 Å². The van der Waals surface area contributed by atoms with Crippen LogP contribution in [-0.4, -0.2) is 30.6 Å². The maximum absolute atomic E-state index is 5.93. The molecule has 1 saturated heterocycles. The van der Waals surface area contributed by atoms with Crippen LogP contribution in [0.4, 0.5) is 0 Å². The molecule has 1 rings (SSSR count). The molecule has 0 saturated carbocycles. The monoisotopic (exact) mass is 184 g/mol. The Balaban J connectivity index is 2.25. The van der Waals surface area contributed by atoms with Gasteiger partial charge in [0.05, 0.1) is 0 Å². The Morgan fingerprint density at radius 2 is 2.15 bits per heavy atom. The molecule has 0 bridgehead atoms. The number of rotatable bonds is 4. The van der Waals surface area contributed by atoms with E-state index in [1.165, 1.54) is 19.5 Å². The van der Waals surface area contributed by atoms with Gasteiger partial charge >= 0.3 is 0 Å². The topological polar surface area (TPSA) is 29.3 Å². The Morgan fingerprint density at radius 1 is 1.46 bits per heavy atom. The fourth-order valence-corrected chi connectivity index (χ4v) is 2.03. The molecule has 2 heteroatoms. The molecule has 0 aliphatic carbocycles. The highest BCUT2D eigenvalue weighted by molar-refractivity contribution is 4.79. The first kappa shape index (κ1) is 11.0. The fourth-order valence-electron chi connectivity index (χ4n) is 2.03. The first-order valence-corrected chi connectivity index (χ1v) is 5.61. The van der Waals surface area contributed by atoms with Crippen molar-refractivity contribution in [3.63, 3.8) is 0 Å². The maximum Gasteiger partial charge on any atom is 0.0165 e. The first-order chi connectivity index (χ1) is 6.13. The molecule has 1 aliphatic heterocycles. The van der Waals surface area contributed by atoms with E-state index in [-0.39, 0.29) is 0 Å². The van der Waals surface area contributed by atoms with E-state index in [1.54, 1.807) is 0 Å². The standard InChI is InChI=1S/C11H24N2/c1-4-11(12)8-13-6-5-10(7-13)9(2)3/h9-11H,4-8,12H2,1-3H3. The lowest BCUT2D eigenvalue weighted by molar-refractivity contribution is 0.284. The number of hydrogen-bond donors (Lipinski definition) is 1. The summed E-state index contributed by atoms with van der Waals surface area (Å²) in [7, 11) is 0. The summed E-state index contributed by atoms with van der Waals surface area (Å²) in [5, 5.41) is 0. The lowest BCUT2D eigenvalue weighted by Gasteiger charge is -2.20. The molecule has 0 aromatic rings. The van der Waals surface area contributed by atoms with Gasteiger partial charge in [-0.05, 0) is 31.2 Å². The molecule has 2 nitrogen and oxygen atoms in total. The van der Waals surface area contributed by atoms with Crippen LogP contribution < -0.4 is 5.73 Å². The number of hydrogen-bond acceptors (Lipinski definition) is 2. The van der Waals surface area contributed by atoms with E-state index in [4.69, 9.17) is 5.73 Å². The Kier molecular flexibility index (Phi) is 4.20. The normalized spacial score (nSPS) is 27.0. The summed E-state index contributed by atoms with van der Waals surface area (Å²) in [6, 6.07) is 0.380. The SMILES string of the molecule is CCC(N)CN1CCC(C(C)C)C1. The summed E-state index contributed by atoms with van der Waals surface area (Å²) in [6.07, 6.45) is 2.47. The van der Waals surface area contributed by atoms with Gasteiger partial charge in [-0.2, -0.15) is 0 Å². The highest BCUT2D eigenvalue weighted by Gasteiger charge is 2.25. The zero-order valence-electron chi connectivity index (χ0n) is 9.29. The molecule has 0 spiro atoms. The molecule has 1 aliphatic rings. The van der Waals surface area contributed by atoms with Crippen molar-refractivity contribution >= 4 is 0 Å². The molecule has 1 fully saturated rings. The Morgan fingerprint density at radius 3 is 2.62 bits per heavy atom. The smallest absolute Gasteiger partial charge is 0.0165 e. The summed E-state index contributed by atoms with van der Waals surface area (Å²) >= 11 is 0. The third kappa shape index (κ3) is 3.28. The molecule has 0 aromatic heterocycles. The molecule has 13 heavy (non-hydrogen) atoms. The van der Waals surface area contributed by atoms with Crippen LogP contribution in [0.1, 0.15) is 33.6 Å². The molecular formula is C11H24N2. The highest BCUT2D eigenvalue weighted by atomic mass is 15.2. The molecule has 0 aromatic carbocycles. The van der Waals surface area contributed by atoms with Crippen LogP contribution in [0.2, 0.25) is 0 Å². The van der Waals surface area contributed by atoms with Crippen LogP contribution >= 0.6 is 0 Å². The van der Waals surface area contributed by atoms with Crippen molar-refractivity contribution in [3.8, 4) is 0 Å². The minimum Gasteiger partial charge on any atom is -0.327 e. The highest BCUT2D eigenvalue weighted by Crippen LogP contribution is 2.23. The largest absolute Gasteiger partial charge is 0.327 e. The van der Waals surface area contributed by atoms with Gasteiger partial charge in [0.15, 0.2) is 0 Å². The predicted octanol–water partition coefficient (Wildman–Crippen LogP) is 1.70. The average Bonchev–Trinajstić information content (AvgIpc) is 2.52. The predicted molar refractivity (Wildman–Crippen MR) is 57.7 cm³/mol. The Bertz CT molecular complexity index is 145. The summed E-state index contributed by atoms with van der Waals surface area (Å²) in [4.78, 5) is 2.53. The number of nitrogens with zero attached hydrogens (tertiary/aromatic N) is 1. The second-order valence-electron chi connectivity index (χ2n) is 4.72. The van der Waals surface area contributed by atoms with Crippen molar-refractivity contribution in [3.05, 3.63) is 0 Å². The molecule has 78 valence electrons. The van der Waals surface area contributed by atoms with Crippen LogP contribution in [0.15, 0.2) is 0 Å². The third-order valence-electron chi connectivity index (χ3n) is 3.27. The van der Waals surface area contributed by atoms with Gasteiger partial charge in [0, 0.05) is 19.1 Å². The van der Waals surface area contributed by atoms with Gasteiger partial charge < -0.3 is 10.6 Å². The van der Waals surface area contributed by atoms with Gasteiger partial charge in [-0.25, -0.2) is 0 Å². The molecular weight excluding hydrogens is 160 g/mol. The molecule has 0 amide bonds. The average molecular weight is 184 g/mol. The lowest BCUT2D eigenvalue weighted by Crippen LogP contribution is -2.36. The molecule has 2 unspecified atom stereocenters. The zero-order chi connectivity index (χ0) is 9.84. The maximum atomic E-state index is 5.93. The molecule has 0 radical (unpaired) electrons. The van der Waals surface area contributed by atoms with Crippen molar-refractivity contribution in [1.29, 1.82) is 0 Å². The second-order valence-corrected chi connectivity index (χ2v) is 4.72. The third-order valence-corrected chi connectivity index (χ3v) is 3.27. The second kappa shape index (κ2) is 4.97. The van der Waals surface area contributed by atoms with Gasteiger partial charge in [-0.1, -0.05) is 20.8 Å². The minimum atomic E-state index is 0.380. The van der Waals surface area contributed by atoms with Crippen LogP contribution in [0.25, 0.3) is 0 Å². The van der Waals surface area contributed by atoms with Crippen LogP contribution in [0.5, 0.6) is 0 Å². The van der Waals surface area contributed by atoms with Gasteiger partial charge in [0.25, 0.3) is 0 Å². The van der Waals surface area contributed by atoms with Gasteiger partial charge in [0.2, 0.25) is 0 Å². The fraction of sp³-hybridized carbons (Fsp3) is 1.00. The van der Waals surface area contributed by atoms with Gasteiger partial charge in [-0.15, -0.1) is 0 Å². The van der Waals surface area contributed by atoms with E-state index in [9.17, 15) is 0 Å². The van der Waals surface area contributed by atoms with Crippen molar-refractivity contribution < 1.29 is 0 Å². The summed E-state index contributed by atoms with van der Waals surface area (Å²) < 4.78 is 0. The van der Waals surface area contributed by atoms with E-state index in [2.05, 4.69) is 25.7 Å². The summed E-state index contributed by atoms with van der Waals surface area (Å²) in [5.74, 6) is 1.74. The lowest BCUT2D eigenvalue weighted by atomic mass is 9.95. The van der Waals surface area contributed by atoms with Crippen molar-refractivity contribution in [2.75, 3.05) is 19.6 Å². The quantitative estimate of drug-likeness (QED) is 0.720. The molecule has 1 heterocycles. The van der Waals surface area contributed by atoms with E-state index in [1.807, 2.05) is 0 Å². The number of nitrogens with two attached hydrogens (primary N) is 1. The summed E-state index contributed by atoms with van der Waals surface area (Å²) in [5.41, 5.74) is 5.93. The number of likely N-dealkylation sites (tertiary alicyclic amines) is 1. The van der Waals surface area contributed by atoms with Crippen molar-refractivity contribution in [1.82, 2.24) is 4.90 Å². The minimum absolute atomic E-state index is 0.380. The Hall–Kier alpha value is -0.0800. The molecule has 2 atom stereocenters. The van der Waals surface area contributed by atoms with Crippen molar-refractivity contribution in [2.45, 2.75) is 39.7 Å². The van der Waals surface area contributed by atoms with Crippen molar-refractivity contribution in [2.24, 2.45) is 17.6 Å². The summed E-state index contributed by atoms with van der Waals surface area (Å²) in [6.45, 7) is 10.4. The zero-order valence-corrected chi connectivity index (χ0v) is 9.29. The van der Waals surface area contributed by atoms with Gasteiger partial charge in [0.1, 0.15) is 0 Å². The van der Waals surface area contributed by atoms with Crippen LogP contribution in [-0.2, 0) is 0 Å². The van der Waals surface area contributed by atoms with Crippen LogP contribution in [0, 0.1) is 11.8 Å². The first-order valence-electron chi connectivity index (χ1n) is 5.61. The Labute approximate surface area is 82.5 Å². The van der Waals surface area contributed by atoms with E-state index in [0.717, 1.165) is 24.8 Å². The van der Waals surface area contributed by atoms with Crippen LogP contribution in [0.3, 0.4) is 0 Å². The van der Waals surface area contributed by atoms with E-state index in [0.29, 0.717) is 6.04 Å². The van der Waals surface area contributed by atoms with Gasteiger partial charge in [-0.3, -0.25) is 0 Å².